The van der Waals surface area contributed by atoms with Crippen molar-refractivity contribution in [1.29, 1.82) is 0 Å². The number of carbonyl (C=O) groups excluding carboxylic acids is 1. The highest BCUT2D eigenvalue weighted by Gasteiger charge is 2.33. The van der Waals surface area contributed by atoms with Gasteiger partial charge in [-0.25, -0.2) is 5.01 Å². The highest BCUT2D eigenvalue weighted by molar-refractivity contribution is 9.10. The molecule has 4 aromatic rings. The van der Waals surface area contributed by atoms with Crippen LogP contribution in [0.25, 0.3) is 10.9 Å². The Balaban J connectivity index is 1.42. The van der Waals surface area contributed by atoms with Crippen LogP contribution in [0.4, 0.5) is 0 Å². The molecule has 1 N–H and O–H groups in total. The van der Waals surface area contributed by atoms with Gasteiger partial charge in [0.15, 0.2) is 0 Å². The number of nitrogens with one attached hydrogen (secondary N) is 1. The molecule has 0 saturated carbocycles. The minimum Gasteiger partial charge on any atom is -0.358 e. The second-order valence-electron chi connectivity index (χ2n) is 7.98. The number of hydrogen-bond donors (Lipinski definition) is 1. The Kier molecular flexibility index (Phi) is 6.45. The van der Waals surface area contributed by atoms with E-state index < -0.39 is 0 Å². The number of carbonyl (C=O) groups is 1. The van der Waals surface area contributed by atoms with E-state index >= 15 is 0 Å². The van der Waals surface area contributed by atoms with Gasteiger partial charge in [-0.1, -0.05) is 74.3 Å². The summed E-state index contributed by atoms with van der Waals surface area (Å²) in [4.78, 5) is 18.0. The van der Waals surface area contributed by atoms with E-state index in [2.05, 4.69) is 68.0 Å². The Morgan fingerprint density at radius 1 is 1.03 bits per heavy atom. The molecule has 1 aromatic heterocycles. The zero-order valence-corrected chi connectivity index (χ0v) is 21.9. The van der Waals surface area contributed by atoms with Crippen LogP contribution in [0, 0.1) is 6.92 Å². The number of H-pyrrole nitrogens is 1. The number of thioether (sulfide) groups is 1. The molecule has 0 bridgehead atoms. The molecule has 0 saturated heterocycles. The van der Waals surface area contributed by atoms with Crippen molar-refractivity contribution in [3.8, 4) is 0 Å². The maximum atomic E-state index is 13.4. The van der Waals surface area contributed by atoms with E-state index in [0.29, 0.717) is 12.2 Å². The molecule has 166 valence electrons. The lowest BCUT2D eigenvalue weighted by Crippen LogP contribution is -2.28. The highest BCUT2D eigenvalue weighted by Crippen LogP contribution is 2.36. The molecule has 2 heterocycles. The number of para-hydroxylation sites is 1. The smallest absolute Gasteiger partial charge is 0.253 e. The van der Waals surface area contributed by atoms with Gasteiger partial charge in [0.2, 0.25) is 0 Å². The van der Waals surface area contributed by atoms with E-state index in [9.17, 15) is 4.79 Å². The number of halogens is 2. The van der Waals surface area contributed by atoms with E-state index in [-0.39, 0.29) is 11.9 Å². The van der Waals surface area contributed by atoms with Gasteiger partial charge < -0.3 is 4.98 Å². The van der Waals surface area contributed by atoms with Crippen LogP contribution in [0.1, 0.15) is 29.3 Å². The number of benzene rings is 3. The first-order valence-electron chi connectivity index (χ1n) is 10.6. The van der Waals surface area contributed by atoms with Crippen LogP contribution in [0.2, 0.25) is 0 Å². The average molecular weight is 583 g/mol. The first kappa shape index (κ1) is 22.4. The van der Waals surface area contributed by atoms with Crippen LogP contribution in [0.5, 0.6) is 0 Å². The molecule has 1 unspecified atom stereocenters. The number of aromatic nitrogens is 1. The molecular formula is C26H21Br2N3OS. The van der Waals surface area contributed by atoms with Crippen LogP contribution in [0.3, 0.4) is 0 Å². The Labute approximate surface area is 213 Å². The second kappa shape index (κ2) is 9.49. The van der Waals surface area contributed by atoms with Crippen LogP contribution >= 0.6 is 43.6 Å². The van der Waals surface area contributed by atoms with Gasteiger partial charge in [0.25, 0.3) is 5.91 Å². The Morgan fingerprint density at radius 3 is 2.42 bits per heavy atom. The third-order valence-corrected chi connectivity index (χ3v) is 8.04. The maximum Gasteiger partial charge on any atom is 0.253 e. The van der Waals surface area contributed by atoms with E-state index in [4.69, 9.17) is 5.10 Å². The monoisotopic (exact) mass is 581 g/mol. The number of aryl methyl sites for hydroxylation is 1. The van der Waals surface area contributed by atoms with Crippen molar-refractivity contribution in [3.63, 3.8) is 0 Å². The summed E-state index contributed by atoms with van der Waals surface area (Å²) >= 11 is 8.57. The van der Waals surface area contributed by atoms with Crippen molar-refractivity contribution in [2.75, 3.05) is 5.75 Å². The van der Waals surface area contributed by atoms with Crippen LogP contribution in [-0.2, 0) is 4.79 Å². The van der Waals surface area contributed by atoms with Crippen molar-refractivity contribution < 1.29 is 4.79 Å². The molecular weight excluding hydrogens is 562 g/mol. The van der Waals surface area contributed by atoms with Gasteiger partial charge in [-0.2, -0.15) is 5.10 Å². The lowest BCUT2D eigenvalue weighted by molar-refractivity contribution is -0.130. The summed E-state index contributed by atoms with van der Waals surface area (Å²) in [7, 11) is 0. The number of hydrazone groups is 1. The van der Waals surface area contributed by atoms with Crippen LogP contribution in [0.15, 0.2) is 91.7 Å². The van der Waals surface area contributed by atoms with E-state index in [1.54, 1.807) is 16.8 Å². The topological polar surface area (TPSA) is 48.5 Å². The summed E-state index contributed by atoms with van der Waals surface area (Å²) in [6.07, 6.45) is 0.686. The van der Waals surface area contributed by atoms with Gasteiger partial charge in [-0.05, 0) is 48.4 Å². The summed E-state index contributed by atoms with van der Waals surface area (Å²) < 4.78 is 2.04. The third kappa shape index (κ3) is 4.67. The summed E-state index contributed by atoms with van der Waals surface area (Å²) in [5.41, 5.74) is 5.22. The third-order valence-electron chi connectivity index (χ3n) is 5.77. The summed E-state index contributed by atoms with van der Waals surface area (Å²) in [6.45, 7) is 2.05. The molecule has 0 aliphatic carbocycles. The quantitative estimate of drug-likeness (QED) is 0.248. The van der Waals surface area contributed by atoms with Crippen molar-refractivity contribution in [2.45, 2.75) is 24.3 Å². The van der Waals surface area contributed by atoms with Gasteiger partial charge in [0.05, 0.1) is 17.5 Å². The number of fused-ring (bicyclic) bond motifs is 1. The number of nitrogens with zero attached hydrogens (tertiary/aromatic N) is 2. The molecule has 0 spiro atoms. The summed E-state index contributed by atoms with van der Waals surface area (Å²) in [6, 6.07) is 24.3. The fraction of sp³-hybridized carbons (Fsp3) is 0.154. The van der Waals surface area contributed by atoms with Gasteiger partial charge in [0, 0.05) is 36.9 Å². The predicted octanol–water partition coefficient (Wildman–Crippen LogP) is 7.47. The molecule has 1 amide bonds. The zero-order chi connectivity index (χ0) is 22.9. The molecule has 7 heteroatoms. The summed E-state index contributed by atoms with van der Waals surface area (Å²) in [5.74, 6) is 0.331. The van der Waals surface area contributed by atoms with Crippen molar-refractivity contribution in [2.24, 2.45) is 5.10 Å². The summed E-state index contributed by atoms with van der Waals surface area (Å²) in [5, 5.41) is 7.63. The van der Waals surface area contributed by atoms with E-state index in [1.165, 1.54) is 0 Å². The minimum absolute atomic E-state index is 0.00436. The van der Waals surface area contributed by atoms with Crippen LogP contribution in [-0.4, -0.2) is 27.4 Å². The van der Waals surface area contributed by atoms with Crippen molar-refractivity contribution in [3.05, 3.63) is 98.6 Å². The number of hydrogen-bond acceptors (Lipinski definition) is 3. The normalized spacial score (nSPS) is 15.8. The number of rotatable bonds is 5. The molecule has 1 aliphatic heterocycles. The van der Waals surface area contributed by atoms with Gasteiger partial charge in [-0.15, -0.1) is 11.8 Å². The minimum atomic E-state index is -0.117. The number of amides is 1. The SMILES string of the molecule is Cc1[nH]c2ccccc2c1SCC(=O)N1N=C(c2ccc(Br)cc2)CC1c1ccc(Br)cc1. The first-order chi connectivity index (χ1) is 16.0. The Morgan fingerprint density at radius 2 is 1.70 bits per heavy atom. The van der Waals surface area contributed by atoms with Gasteiger partial charge in [0.1, 0.15) is 0 Å². The highest BCUT2D eigenvalue weighted by atomic mass is 79.9. The van der Waals surface area contributed by atoms with E-state index in [1.807, 2.05) is 48.5 Å². The van der Waals surface area contributed by atoms with Gasteiger partial charge in [-0.3, -0.25) is 4.79 Å². The molecule has 0 radical (unpaired) electrons. The molecule has 0 fully saturated rings. The predicted molar refractivity (Wildman–Crippen MR) is 143 cm³/mol. The maximum absolute atomic E-state index is 13.4. The van der Waals surface area contributed by atoms with Crippen molar-refractivity contribution >= 4 is 66.1 Å². The molecule has 4 nitrogen and oxygen atoms in total. The fourth-order valence-electron chi connectivity index (χ4n) is 4.14. The zero-order valence-electron chi connectivity index (χ0n) is 17.9. The first-order valence-corrected chi connectivity index (χ1v) is 13.2. The largest absolute Gasteiger partial charge is 0.358 e. The molecule has 3 aromatic carbocycles. The number of aromatic amines is 1. The van der Waals surface area contributed by atoms with E-state index in [0.717, 1.165) is 47.3 Å². The Bertz CT molecular complexity index is 1350. The lowest BCUT2D eigenvalue weighted by atomic mass is 9.98. The average Bonchev–Trinajstić information content (AvgIpc) is 3.40. The van der Waals surface area contributed by atoms with Crippen LogP contribution < -0.4 is 0 Å². The fourth-order valence-corrected chi connectivity index (χ4v) is 5.67. The van der Waals surface area contributed by atoms with Gasteiger partial charge >= 0.3 is 0 Å². The second-order valence-corrected chi connectivity index (χ2v) is 10.8. The van der Waals surface area contributed by atoms with Crippen molar-refractivity contribution in [1.82, 2.24) is 9.99 Å². The molecule has 1 atom stereocenters. The molecule has 5 rings (SSSR count). The standard InChI is InChI=1S/C26H21Br2N3OS/c1-16-26(21-4-2-3-5-22(21)29-16)33-15-25(32)31-24(18-8-12-20(28)13-9-18)14-23(30-31)17-6-10-19(27)11-7-17/h2-13,24,29H,14-15H2,1H3. The molecule has 1 aliphatic rings. The lowest BCUT2D eigenvalue weighted by Gasteiger charge is -2.22. The molecule has 33 heavy (non-hydrogen) atoms. The Hall–Kier alpha value is -2.35.